The highest BCUT2D eigenvalue weighted by molar-refractivity contribution is 7.10. The molecule has 5 nitrogen and oxygen atoms in total. The van der Waals surface area contributed by atoms with Crippen LogP contribution in [-0.4, -0.2) is 28.6 Å². The van der Waals surface area contributed by atoms with Gasteiger partial charge in [-0.05, 0) is 34.9 Å². The largest absolute Gasteiger partial charge is 0.465 e. The number of carbonyl (C=O) groups is 1. The van der Waals surface area contributed by atoms with Crippen LogP contribution in [0.25, 0.3) is 0 Å². The van der Waals surface area contributed by atoms with Crippen molar-refractivity contribution in [2.75, 3.05) is 0 Å². The number of thiophene rings is 2. The number of amides is 1. The Morgan fingerprint density at radius 3 is 2.37 bits per heavy atom. The standard InChI is InChI=1S/C20H22N2O3S2/c23-19(21-13-15-8-4-10-26-15)18(17-9-5-11-27-17)16(22-20(24)25)12-14-6-2-1-3-7-14/h1-11,16,18-19,21-23H,12-13H2,(H,24,25)/t16-,18-,19?/m0/s1. The fraction of sp³-hybridized carbons (Fsp3) is 0.250. The molecule has 3 atom stereocenters. The van der Waals surface area contributed by atoms with E-state index in [9.17, 15) is 15.0 Å². The van der Waals surface area contributed by atoms with Crippen LogP contribution in [0.5, 0.6) is 0 Å². The van der Waals surface area contributed by atoms with Gasteiger partial charge in [-0.25, -0.2) is 4.79 Å². The summed E-state index contributed by atoms with van der Waals surface area (Å²) in [6, 6.07) is 17.1. The highest BCUT2D eigenvalue weighted by atomic mass is 32.1. The maximum atomic E-state index is 11.4. The first kappa shape index (κ1) is 19.6. The zero-order valence-corrected chi connectivity index (χ0v) is 16.2. The molecule has 0 bridgehead atoms. The minimum Gasteiger partial charge on any atom is -0.465 e. The number of aliphatic hydroxyl groups excluding tert-OH is 1. The first-order valence-electron chi connectivity index (χ1n) is 8.64. The summed E-state index contributed by atoms with van der Waals surface area (Å²) in [6.07, 6.45) is -1.48. The highest BCUT2D eigenvalue weighted by Gasteiger charge is 2.32. The molecular weight excluding hydrogens is 380 g/mol. The summed E-state index contributed by atoms with van der Waals surface area (Å²) < 4.78 is 0. The smallest absolute Gasteiger partial charge is 0.404 e. The summed E-state index contributed by atoms with van der Waals surface area (Å²) in [5.41, 5.74) is 1.02. The normalized spacial score (nSPS) is 14.4. The van der Waals surface area contributed by atoms with Crippen molar-refractivity contribution >= 4 is 28.8 Å². The molecule has 0 aliphatic carbocycles. The summed E-state index contributed by atoms with van der Waals surface area (Å²) >= 11 is 3.13. The van der Waals surface area contributed by atoms with Crippen LogP contribution in [0, 0.1) is 0 Å². The van der Waals surface area contributed by atoms with Gasteiger partial charge < -0.3 is 15.5 Å². The van der Waals surface area contributed by atoms with Gasteiger partial charge in [-0.3, -0.25) is 5.32 Å². The number of hydrogen-bond acceptors (Lipinski definition) is 5. The molecule has 0 spiro atoms. The van der Waals surface area contributed by atoms with Crippen LogP contribution in [0.3, 0.4) is 0 Å². The summed E-state index contributed by atoms with van der Waals surface area (Å²) in [6.45, 7) is 0.534. The number of carboxylic acid groups (broad SMARTS) is 1. The molecule has 0 aliphatic heterocycles. The quantitative estimate of drug-likeness (QED) is 0.410. The fourth-order valence-corrected chi connectivity index (χ4v) is 4.67. The van der Waals surface area contributed by atoms with Crippen LogP contribution in [0.4, 0.5) is 4.79 Å². The molecule has 2 aromatic heterocycles. The third-order valence-electron chi connectivity index (χ3n) is 4.32. The molecule has 0 saturated carbocycles. The molecule has 3 rings (SSSR count). The van der Waals surface area contributed by atoms with Crippen molar-refractivity contribution in [3.63, 3.8) is 0 Å². The lowest BCUT2D eigenvalue weighted by molar-refractivity contribution is 0.0891. The molecule has 1 aromatic carbocycles. The van der Waals surface area contributed by atoms with Gasteiger partial charge in [0.2, 0.25) is 0 Å². The SMILES string of the molecule is O=C(O)N[C@@H](Cc1ccccc1)[C@@H](c1cccs1)C(O)NCc1cccs1. The second kappa shape index (κ2) is 9.66. The Hall–Kier alpha value is -2.19. The predicted molar refractivity (Wildman–Crippen MR) is 109 cm³/mol. The van der Waals surface area contributed by atoms with Crippen LogP contribution in [0.1, 0.15) is 21.2 Å². The van der Waals surface area contributed by atoms with E-state index in [0.717, 1.165) is 15.3 Å². The second-order valence-electron chi connectivity index (χ2n) is 6.19. The first-order chi connectivity index (χ1) is 13.1. The van der Waals surface area contributed by atoms with Gasteiger partial charge in [-0.1, -0.05) is 42.5 Å². The molecule has 0 radical (unpaired) electrons. The van der Waals surface area contributed by atoms with E-state index in [-0.39, 0.29) is 0 Å². The van der Waals surface area contributed by atoms with Crippen molar-refractivity contribution in [2.24, 2.45) is 0 Å². The molecule has 4 N–H and O–H groups in total. The molecule has 0 saturated heterocycles. The fourth-order valence-electron chi connectivity index (χ4n) is 3.09. The maximum Gasteiger partial charge on any atom is 0.404 e. The van der Waals surface area contributed by atoms with Gasteiger partial charge in [0.15, 0.2) is 0 Å². The van der Waals surface area contributed by atoms with Gasteiger partial charge >= 0.3 is 6.09 Å². The van der Waals surface area contributed by atoms with E-state index in [4.69, 9.17) is 0 Å². The summed E-state index contributed by atoms with van der Waals surface area (Å²) in [7, 11) is 0. The van der Waals surface area contributed by atoms with E-state index in [0.29, 0.717) is 13.0 Å². The summed E-state index contributed by atoms with van der Waals surface area (Å²) in [5.74, 6) is -0.402. The average molecular weight is 403 g/mol. The average Bonchev–Trinajstić information content (AvgIpc) is 3.35. The molecule has 0 fully saturated rings. The van der Waals surface area contributed by atoms with Crippen LogP contribution in [0.15, 0.2) is 65.4 Å². The Balaban J connectivity index is 1.82. The minimum atomic E-state index is -1.09. The van der Waals surface area contributed by atoms with Crippen molar-refractivity contribution in [1.29, 1.82) is 0 Å². The van der Waals surface area contributed by atoms with Crippen LogP contribution < -0.4 is 10.6 Å². The van der Waals surface area contributed by atoms with Crippen molar-refractivity contribution in [2.45, 2.75) is 31.2 Å². The van der Waals surface area contributed by atoms with Crippen LogP contribution in [-0.2, 0) is 13.0 Å². The Bertz CT molecular complexity index is 807. The van der Waals surface area contributed by atoms with Crippen molar-refractivity contribution < 1.29 is 15.0 Å². The third-order valence-corrected chi connectivity index (χ3v) is 6.17. The third kappa shape index (κ3) is 5.64. The van der Waals surface area contributed by atoms with Crippen LogP contribution in [0.2, 0.25) is 0 Å². The highest BCUT2D eigenvalue weighted by Crippen LogP contribution is 2.29. The molecule has 3 aromatic rings. The van der Waals surface area contributed by atoms with Gasteiger partial charge in [-0.2, -0.15) is 0 Å². The molecule has 2 heterocycles. The lowest BCUT2D eigenvalue weighted by atomic mass is 9.90. The van der Waals surface area contributed by atoms with E-state index in [1.807, 2.05) is 65.4 Å². The second-order valence-corrected chi connectivity index (χ2v) is 8.20. The molecule has 0 aliphatic rings. The number of rotatable bonds is 9. The zero-order chi connectivity index (χ0) is 19.1. The molecule has 27 heavy (non-hydrogen) atoms. The van der Waals surface area contributed by atoms with Crippen molar-refractivity contribution in [3.05, 3.63) is 80.7 Å². The Morgan fingerprint density at radius 2 is 1.74 bits per heavy atom. The molecule has 142 valence electrons. The molecule has 1 unspecified atom stereocenters. The number of hydrogen-bond donors (Lipinski definition) is 4. The van der Waals surface area contributed by atoms with Gasteiger partial charge in [0, 0.05) is 22.3 Å². The van der Waals surface area contributed by atoms with Crippen molar-refractivity contribution in [3.8, 4) is 0 Å². The van der Waals surface area contributed by atoms with Crippen molar-refractivity contribution in [1.82, 2.24) is 10.6 Å². The Kier molecular flexibility index (Phi) is 7.00. The van der Waals surface area contributed by atoms with E-state index in [2.05, 4.69) is 10.6 Å². The van der Waals surface area contributed by atoms with E-state index in [1.54, 1.807) is 11.3 Å². The molecule has 7 heteroatoms. The van der Waals surface area contributed by atoms with Crippen LogP contribution >= 0.6 is 22.7 Å². The van der Waals surface area contributed by atoms with E-state index >= 15 is 0 Å². The van der Waals surface area contributed by atoms with Gasteiger partial charge in [-0.15, -0.1) is 22.7 Å². The number of benzene rings is 1. The summed E-state index contributed by atoms with van der Waals surface area (Å²) in [4.78, 5) is 13.5. The first-order valence-corrected chi connectivity index (χ1v) is 10.4. The van der Waals surface area contributed by atoms with Gasteiger partial charge in [0.25, 0.3) is 0 Å². The number of aliphatic hydroxyl groups is 1. The Morgan fingerprint density at radius 1 is 1.00 bits per heavy atom. The zero-order valence-electron chi connectivity index (χ0n) is 14.6. The lowest BCUT2D eigenvalue weighted by Gasteiger charge is -2.31. The maximum absolute atomic E-state index is 11.4. The Labute approximate surface area is 166 Å². The number of nitrogens with one attached hydrogen (secondary N) is 2. The van der Waals surface area contributed by atoms with E-state index < -0.39 is 24.3 Å². The lowest BCUT2D eigenvalue weighted by Crippen LogP contribution is -2.48. The monoisotopic (exact) mass is 402 g/mol. The minimum absolute atomic E-state index is 0.402. The summed E-state index contributed by atoms with van der Waals surface area (Å²) in [5, 5.41) is 30.0. The predicted octanol–water partition coefficient (Wildman–Crippen LogP) is 3.88. The van der Waals surface area contributed by atoms with E-state index in [1.165, 1.54) is 11.3 Å². The molecular formula is C20H22N2O3S2. The van der Waals surface area contributed by atoms with Gasteiger partial charge in [0.1, 0.15) is 6.23 Å². The van der Waals surface area contributed by atoms with Gasteiger partial charge in [0.05, 0.1) is 5.92 Å². The topological polar surface area (TPSA) is 81.6 Å². The molecule has 1 amide bonds.